The van der Waals surface area contributed by atoms with Gasteiger partial charge in [0, 0.05) is 25.6 Å². The number of nitrogens with zero attached hydrogens (tertiary/aromatic N) is 2. The number of ether oxygens (including phenoxy) is 1. The Labute approximate surface area is 189 Å². The van der Waals surface area contributed by atoms with E-state index in [9.17, 15) is 18.0 Å². The van der Waals surface area contributed by atoms with Crippen LogP contribution in [0.1, 0.15) is 51.0 Å². The van der Waals surface area contributed by atoms with Gasteiger partial charge >= 0.3 is 15.7 Å². The monoisotopic (exact) mass is 469 g/mol. The van der Waals surface area contributed by atoms with Crippen LogP contribution in [0.2, 0.25) is 0 Å². The van der Waals surface area contributed by atoms with E-state index in [2.05, 4.69) is 16.0 Å². The second-order valence-corrected chi connectivity index (χ2v) is 9.16. The summed E-state index contributed by atoms with van der Waals surface area (Å²) in [5.41, 5.74) is -0.460. The van der Waals surface area contributed by atoms with Crippen LogP contribution in [0.5, 0.6) is 0 Å². The molecule has 1 N–H and O–H groups in total. The van der Waals surface area contributed by atoms with Crippen molar-refractivity contribution in [2.45, 2.75) is 63.0 Å². The number of amides is 2. The van der Waals surface area contributed by atoms with Gasteiger partial charge in [0.25, 0.3) is 0 Å². The fourth-order valence-corrected chi connectivity index (χ4v) is 4.75. The number of imide groups is 1. The molecule has 2 rings (SSSR count). The Kier molecular flexibility index (Phi) is 10.1. The molecule has 0 radical (unpaired) electrons. The van der Waals surface area contributed by atoms with E-state index in [0.717, 1.165) is 37.6 Å². The lowest BCUT2D eigenvalue weighted by Crippen LogP contribution is -2.44. The number of benzene rings is 1. The highest BCUT2D eigenvalue weighted by atomic mass is 32.2. The number of methoxy groups -OCH3 is 1. The highest BCUT2D eigenvalue weighted by molar-refractivity contribution is 8.11. The third kappa shape index (κ3) is 6.61. The van der Waals surface area contributed by atoms with Crippen molar-refractivity contribution in [1.29, 1.82) is 0 Å². The van der Waals surface area contributed by atoms with Crippen LogP contribution >= 0.6 is 11.9 Å². The van der Waals surface area contributed by atoms with Gasteiger partial charge in [-0.1, -0.05) is 50.1 Å². The Morgan fingerprint density at radius 1 is 1.29 bits per heavy atom. The van der Waals surface area contributed by atoms with Crippen molar-refractivity contribution in [1.82, 2.24) is 9.62 Å². The SMILES string of the molecule is CCCCC(CCCN(C(=O)SNC)C(=O)C1(c2ccccc2)CC1N=S(=O)=O)OC. The summed E-state index contributed by atoms with van der Waals surface area (Å²) in [6, 6.07) is 8.26. The molecule has 1 aliphatic rings. The first kappa shape index (κ1) is 25.5. The zero-order valence-corrected chi connectivity index (χ0v) is 19.9. The van der Waals surface area contributed by atoms with Gasteiger partial charge < -0.3 is 4.74 Å². The van der Waals surface area contributed by atoms with Crippen LogP contribution in [0.15, 0.2) is 34.7 Å². The summed E-state index contributed by atoms with van der Waals surface area (Å²) >= 11 is 0.833. The van der Waals surface area contributed by atoms with Crippen molar-refractivity contribution < 1.29 is 22.7 Å². The number of rotatable bonds is 12. The number of hydrogen-bond acceptors (Lipinski definition) is 8. The number of nitrogens with one attached hydrogen (secondary N) is 1. The molecule has 0 heterocycles. The maximum atomic E-state index is 13.6. The van der Waals surface area contributed by atoms with Gasteiger partial charge in [-0.3, -0.25) is 19.2 Å². The quantitative estimate of drug-likeness (QED) is 0.467. The minimum atomic E-state index is -2.63. The first-order chi connectivity index (χ1) is 14.9. The topological polar surface area (TPSA) is 105 Å². The van der Waals surface area contributed by atoms with E-state index in [4.69, 9.17) is 4.74 Å². The minimum Gasteiger partial charge on any atom is -0.381 e. The van der Waals surface area contributed by atoms with E-state index in [0.29, 0.717) is 12.0 Å². The van der Waals surface area contributed by atoms with Crippen LogP contribution in [0.3, 0.4) is 0 Å². The van der Waals surface area contributed by atoms with Crippen molar-refractivity contribution in [3.63, 3.8) is 0 Å². The largest absolute Gasteiger partial charge is 0.381 e. The van der Waals surface area contributed by atoms with Gasteiger partial charge in [-0.15, -0.1) is 0 Å². The zero-order valence-electron chi connectivity index (χ0n) is 18.2. The van der Waals surface area contributed by atoms with Crippen LogP contribution in [-0.4, -0.2) is 57.3 Å². The molecule has 10 heteroatoms. The van der Waals surface area contributed by atoms with Crippen molar-refractivity contribution in [2.75, 3.05) is 20.7 Å². The highest BCUT2D eigenvalue weighted by Crippen LogP contribution is 2.52. The Morgan fingerprint density at radius 2 is 1.97 bits per heavy atom. The maximum Gasteiger partial charge on any atom is 0.311 e. The van der Waals surface area contributed by atoms with Gasteiger partial charge in [-0.25, -0.2) is 0 Å². The lowest BCUT2D eigenvalue weighted by molar-refractivity contribution is -0.130. The van der Waals surface area contributed by atoms with Crippen molar-refractivity contribution in [3.05, 3.63) is 35.9 Å². The zero-order chi connectivity index (χ0) is 22.9. The van der Waals surface area contributed by atoms with Crippen LogP contribution in [0, 0.1) is 0 Å². The Morgan fingerprint density at radius 3 is 2.55 bits per heavy atom. The molecule has 1 aromatic rings. The maximum absolute atomic E-state index is 13.6. The molecule has 31 heavy (non-hydrogen) atoms. The van der Waals surface area contributed by atoms with Gasteiger partial charge in [-0.2, -0.15) is 12.8 Å². The van der Waals surface area contributed by atoms with E-state index in [1.54, 1.807) is 38.4 Å². The molecule has 1 aliphatic carbocycles. The van der Waals surface area contributed by atoms with E-state index in [1.165, 1.54) is 4.90 Å². The molecule has 172 valence electrons. The molecule has 0 aromatic heterocycles. The number of hydrogen-bond donors (Lipinski definition) is 1. The summed E-state index contributed by atoms with van der Waals surface area (Å²) in [6.07, 6.45) is 4.74. The van der Waals surface area contributed by atoms with Gasteiger partial charge in [0.2, 0.25) is 5.91 Å². The lowest BCUT2D eigenvalue weighted by atomic mass is 9.93. The second-order valence-electron chi connectivity index (χ2n) is 7.55. The molecule has 1 fully saturated rings. The molecule has 3 atom stereocenters. The summed E-state index contributed by atoms with van der Waals surface area (Å²) in [5.74, 6) is -0.409. The number of carbonyl (C=O) groups excluding carboxylic acids is 2. The van der Waals surface area contributed by atoms with Gasteiger partial charge in [0.1, 0.15) is 5.41 Å². The smallest absolute Gasteiger partial charge is 0.311 e. The van der Waals surface area contributed by atoms with Gasteiger partial charge in [0.05, 0.1) is 12.1 Å². The Balaban J connectivity index is 2.24. The van der Waals surface area contributed by atoms with E-state index < -0.39 is 33.1 Å². The fraction of sp³-hybridized carbons (Fsp3) is 0.619. The molecule has 0 aliphatic heterocycles. The first-order valence-electron chi connectivity index (χ1n) is 10.5. The van der Waals surface area contributed by atoms with E-state index >= 15 is 0 Å². The molecule has 0 spiro atoms. The summed E-state index contributed by atoms with van der Waals surface area (Å²) in [6.45, 7) is 2.36. The molecule has 1 saturated carbocycles. The Hall–Kier alpha value is -1.75. The van der Waals surface area contributed by atoms with Crippen LogP contribution in [0.25, 0.3) is 0 Å². The normalized spacial score (nSPS) is 20.7. The molecule has 8 nitrogen and oxygen atoms in total. The highest BCUT2D eigenvalue weighted by Gasteiger charge is 2.64. The third-order valence-electron chi connectivity index (χ3n) is 5.58. The fourth-order valence-electron chi connectivity index (χ4n) is 3.82. The molecule has 3 unspecified atom stereocenters. The van der Waals surface area contributed by atoms with Crippen LogP contribution in [0.4, 0.5) is 4.79 Å². The molecule has 2 amide bonds. The lowest BCUT2D eigenvalue weighted by Gasteiger charge is -2.26. The van der Waals surface area contributed by atoms with Crippen molar-refractivity contribution in [3.8, 4) is 0 Å². The average Bonchev–Trinajstić information content (AvgIpc) is 3.47. The van der Waals surface area contributed by atoms with E-state index in [-0.39, 0.29) is 19.1 Å². The Bertz CT molecular complexity index is 870. The van der Waals surface area contributed by atoms with E-state index in [1.807, 2.05) is 6.07 Å². The number of carbonyl (C=O) groups is 2. The van der Waals surface area contributed by atoms with Gasteiger partial charge in [0.15, 0.2) is 0 Å². The number of unbranched alkanes of at least 4 members (excludes halogenated alkanes) is 1. The summed E-state index contributed by atoms with van der Waals surface area (Å²) in [7, 11) is 0.658. The van der Waals surface area contributed by atoms with Gasteiger partial charge in [-0.05, 0) is 38.3 Å². The second kappa shape index (κ2) is 12.3. The average molecular weight is 470 g/mol. The van der Waals surface area contributed by atoms with Crippen molar-refractivity contribution >= 4 is 33.6 Å². The molecular formula is C21H31N3O5S2. The predicted molar refractivity (Wildman–Crippen MR) is 121 cm³/mol. The summed E-state index contributed by atoms with van der Waals surface area (Å²) < 4.78 is 34.3. The predicted octanol–water partition coefficient (Wildman–Crippen LogP) is 3.56. The molecule has 0 saturated heterocycles. The summed E-state index contributed by atoms with van der Waals surface area (Å²) in [4.78, 5) is 27.6. The minimum absolute atomic E-state index is 0.0820. The molecular weight excluding hydrogens is 438 g/mol. The third-order valence-corrected chi connectivity index (χ3v) is 6.61. The molecule has 0 bridgehead atoms. The van der Waals surface area contributed by atoms with Crippen LogP contribution in [-0.2, 0) is 25.4 Å². The first-order valence-corrected chi connectivity index (χ1v) is 12.3. The standard InChI is InChI=1S/C21H31N3O5S2/c1-4-5-12-17(29-3)13-9-14-24(20(26)30-22-2)19(25)21(15-18(21)23-31(27)28)16-10-7-6-8-11-16/h6-8,10-11,17-18,22H,4-5,9,12-15H2,1-3H3. The van der Waals surface area contributed by atoms with Crippen LogP contribution < -0.4 is 4.72 Å². The van der Waals surface area contributed by atoms with Crippen molar-refractivity contribution in [2.24, 2.45) is 4.36 Å². The molecule has 1 aromatic carbocycles. The summed E-state index contributed by atoms with van der Waals surface area (Å²) in [5, 5.41) is -0.417.